The lowest BCUT2D eigenvalue weighted by molar-refractivity contribution is -0.133. The van der Waals surface area contributed by atoms with Crippen molar-refractivity contribution in [1.29, 1.82) is 5.41 Å². The van der Waals surface area contributed by atoms with Crippen LogP contribution in [0.15, 0.2) is 0 Å². The number of halogens is 1. The van der Waals surface area contributed by atoms with Crippen molar-refractivity contribution in [2.75, 3.05) is 19.8 Å². The van der Waals surface area contributed by atoms with Gasteiger partial charge in [0.25, 0.3) is 0 Å². The number of amides is 3. The van der Waals surface area contributed by atoms with Gasteiger partial charge in [-0.2, -0.15) is 0 Å². The normalized spacial score (nSPS) is 13.7. The summed E-state index contributed by atoms with van der Waals surface area (Å²) in [5, 5.41) is 34.2. The van der Waals surface area contributed by atoms with E-state index in [9.17, 15) is 28.7 Å². The van der Waals surface area contributed by atoms with E-state index in [-0.39, 0.29) is 25.3 Å². The second kappa shape index (κ2) is 13.3. The topological polar surface area (TPSA) is 207 Å². The minimum atomic E-state index is -1.47. The van der Waals surface area contributed by atoms with Gasteiger partial charge in [0.1, 0.15) is 18.8 Å². The van der Waals surface area contributed by atoms with E-state index >= 15 is 0 Å². The number of guanidine groups is 1. The molecule has 0 aromatic carbocycles. The Labute approximate surface area is 167 Å². The van der Waals surface area contributed by atoms with Crippen molar-refractivity contribution < 1.29 is 33.8 Å². The molecule has 29 heavy (non-hydrogen) atoms. The molecule has 0 aliphatic heterocycles. The van der Waals surface area contributed by atoms with Crippen LogP contribution in [0.4, 0.5) is 9.18 Å². The highest BCUT2D eigenvalue weighted by molar-refractivity contribution is 5.94. The standard InChI is InChI=1S/C16H29FN6O6/c1-8(2)12(23-16(28)29)14(27)22-10(7-24)13(26)21-9(11(25)6-17)4-3-5-20-15(18)19/h8-10,12,23-24H,3-7H2,1-2H3,(H,21,26)(H,22,27)(H,28,29)(H4,18,19,20)/t9-,10-,12-/m0/s1. The summed E-state index contributed by atoms with van der Waals surface area (Å²) < 4.78 is 12.8. The smallest absolute Gasteiger partial charge is 0.405 e. The summed E-state index contributed by atoms with van der Waals surface area (Å²) in [4.78, 5) is 47.1. The third-order valence-electron chi connectivity index (χ3n) is 3.87. The van der Waals surface area contributed by atoms with Crippen molar-refractivity contribution in [1.82, 2.24) is 21.3 Å². The molecule has 0 aliphatic carbocycles. The maximum absolute atomic E-state index is 12.8. The molecular weight excluding hydrogens is 391 g/mol. The molecule has 0 fully saturated rings. The first-order valence-electron chi connectivity index (χ1n) is 8.91. The quantitative estimate of drug-likeness (QED) is 0.0951. The first kappa shape index (κ1) is 26.0. The number of carboxylic acid groups (broad SMARTS) is 1. The number of carbonyl (C=O) groups is 4. The predicted octanol–water partition coefficient (Wildman–Crippen LogP) is -1.96. The van der Waals surface area contributed by atoms with Gasteiger partial charge >= 0.3 is 6.09 Å². The maximum Gasteiger partial charge on any atom is 0.405 e. The minimum Gasteiger partial charge on any atom is -0.465 e. The van der Waals surface area contributed by atoms with Crippen LogP contribution in [0.25, 0.3) is 0 Å². The van der Waals surface area contributed by atoms with Crippen molar-refractivity contribution in [2.45, 2.75) is 44.8 Å². The number of aliphatic hydroxyl groups is 1. The summed E-state index contributed by atoms with van der Waals surface area (Å²) in [6.45, 7) is 1.24. The molecule has 3 atom stereocenters. The zero-order valence-corrected chi connectivity index (χ0v) is 16.3. The van der Waals surface area contributed by atoms with Gasteiger partial charge in [-0.15, -0.1) is 0 Å². The number of carbonyl (C=O) groups excluding carboxylic acids is 3. The highest BCUT2D eigenvalue weighted by atomic mass is 19.1. The molecule has 0 saturated heterocycles. The Morgan fingerprint density at radius 3 is 2.10 bits per heavy atom. The Balaban J connectivity index is 5.00. The van der Waals surface area contributed by atoms with E-state index in [1.165, 1.54) is 0 Å². The van der Waals surface area contributed by atoms with E-state index in [0.29, 0.717) is 0 Å². The van der Waals surface area contributed by atoms with Gasteiger partial charge in [-0.3, -0.25) is 19.8 Å². The molecule has 0 aromatic rings. The van der Waals surface area contributed by atoms with Crippen LogP contribution in [0.5, 0.6) is 0 Å². The first-order valence-corrected chi connectivity index (χ1v) is 8.91. The minimum absolute atomic E-state index is 0.0378. The van der Waals surface area contributed by atoms with Crippen LogP contribution in [0.2, 0.25) is 0 Å². The fraction of sp³-hybridized carbons (Fsp3) is 0.688. The van der Waals surface area contributed by atoms with Gasteiger partial charge in [0.2, 0.25) is 11.8 Å². The van der Waals surface area contributed by atoms with Crippen molar-refractivity contribution in [3.05, 3.63) is 0 Å². The Bertz CT molecular complexity index is 602. The van der Waals surface area contributed by atoms with Crippen molar-refractivity contribution >= 4 is 29.7 Å². The van der Waals surface area contributed by atoms with E-state index in [1.807, 2.05) is 5.32 Å². The second-order valence-corrected chi connectivity index (χ2v) is 6.56. The van der Waals surface area contributed by atoms with Gasteiger partial charge in [0, 0.05) is 6.54 Å². The molecule has 12 nitrogen and oxygen atoms in total. The first-order chi connectivity index (χ1) is 13.5. The van der Waals surface area contributed by atoms with Gasteiger partial charge in [-0.05, 0) is 18.8 Å². The fourth-order valence-corrected chi connectivity index (χ4v) is 2.33. The van der Waals surface area contributed by atoms with Crippen LogP contribution < -0.4 is 27.0 Å². The number of nitrogens with two attached hydrogens (primary N) is 1. The van der Waals surface area contributed by atoms with E-state index in [2.05, 4.69) is 16.0 Å². The lowest BCUT2D eigenvalue weighted by Crippen LogP contribution is -2.58. The van der Waals surface area contributed by atoms with E-state index in [1.54, 1.807) is 13.8 Å². The summed E-state index contributed by atoms with van der Waals surface area (Å²) in [6.07, 6.45) is -1.11. The van der Waals surface area contributed by atoms with Crippen LogP contribution in [0, 0.1) is 11.3 Å². The van der Waals surface area contributed by atoms with Crippen molar-refractivity contribution in [3.63, 3.8) is 0 Å². The highest BCUT2D eigenvalue weighted by Crippen LogP contribution is 2.04. The number of nitrogens with one attached hydrogen (secondary N) is 5. The van der Waals surface area contributed by atoms with Crippen LogP contribution in [-0.4, -0.2) is 77.8 Å². The molecule has 3 amide bonds. The largest absolute Gasteiger partial charge is 0.465 e. The molecule has 0 aliphatic rings. The zero-order chi connectivity index (χ0) is 22.6. The van der Waals surface area contributed by atoms with Gasteiger partial charge in [-0.25, -0.2) is 9.18 Å². The molecular formula is C16H29FN6O6. The molecule has 0 unspecified atom stereocenters. The second-order valence-electron chi connectivity index (χ2n) is 6.56. The van der Waals surface area contributed by atoms with Crippen molar-refractivity contribution in [3.8, 4) is 0 Å². The molecule has 166 valence electrons. The van der Waals surface area contributed by atoms with Gasteiger partial charge in [0.15, 0.2) is 11.7 Å². The predicted molar refractivity (Wildman–Crippen MR) is 101 cm³/mol. The Morgan fingerprint density at radius 1 is 1.07 bits per heavy atom. The molecule has 0 saturated carbocycles. The van der Waals surface area contributed by atoms with Gasteiger partial charge < -0.3 is 37.2 Å². The molecule has 0 heterocycles. The highest BCUT2D eigenvalue weighted by Gasteiger charge is 2.30. The SMILES string of the molecule is CC(C)[C@H](NC(=O)O)C(=O)N[C@@H](CO)C(=O)N[C@@H](CCCNC(=N)N)C(=O)CF. The molecule has 9 N–H and O–H groups in total. The molecule has 0 bridgehead atoms. The Kier molecular flexibility index (Phi) is 11.9. The summed E-state index contributed by atoms with van der Waals surface area (Å²) in [7, 11) is 0. The van der Waals surface area contributed by atoms with Gasteiger partial charge in [-0.1, -0.05) is 13.8 Å². The van der Waals surface area contributed by atoms with Crippen molar-refractivity contribution in [2.24, 2.45) is 11.7 Å². The lowest BCUT2D eigenvalue weighted by atomic mass is 10.0. The van der Waals surface area contributed by atoms with E-state index in [0.717, 1.165) is 0 Å². The maximum atomic E-state index is 12.8. The zero-order valence-electron chi connectivity index (χ0n) is 16.3. The van der Waals surface area contributed by atoms with Crippen LogP contribution in [-0.2, 0) is 14.4 Å². The lowest BCUT2D eigenvalue weighted by Gasteiger charge is -2.25. The number of Topliss-reactive ketones (excluding diaryl/α,β-unsaturated/α-hetero) is 1. The number of hydrogen-bond donors (Lipinski definition) is 8. The molecule has 13 heteroatoms. The molecule has 0 spiro atoms. The Hall–Kier alpha value is -2.96. The number of alkyl halides is 1. The van der Waals surface area contributed by atoms with Gasteiger partial charge in [0.05, 0.1) is 12.6 Å². The summed E-state index contributed by atoms with van der Waals surface area (Å²) in [6, 6.07) is -3.84. The van der Waals surface area contributed by atoms with E-state index in [4.69, 9.17) is 16.2 Å². The van der Waals surface area contributed by atoms with Crippen LogP contribution in [0.3, 0.4) is 0 Å². The number of rotatable bonds is 13. The number of ketones is 1. The molecule has 0 radical (unpaired) electrons. The third-order valence-corrected chi connectivity index (χ3v) is 3.87. The molecule has 0 aromatic heterocycles. The number of hydrogen-bond acceptors (Lipinski definition) is 6. The average Bonchev–Trinajstić information content (AvgIpc) is 2.64. The van der Waals surface area contributed by atoms with E-state index < -0.39 is 61.0 Å². The summed E-state index contributed by atoms with van der Waals surface area (Å²) in [5.74, 6) is -3.37. The summed E-state index contributed by atoms with van der Waals surface area (Å²) >= 11 is 0. The average molecular weight is 420 g/mol. The molecule has 0 rings (SSSR count). The van der Waals surface area contributed by atoms with Crippen LogP contribution >= 0.6 is 0 Å². The number of aliphatic hydroxyl groups excluding tert-OH is 1. The Morgan fingerprint density at radius 2 is 1.66 bits per heavy atom. The van der Waals surface area contributed by atoms with Crippen LogP contribution in [0.1, 0.15) is 26.7 Å². The summed E-state index contributed by atoms with van der Waals surface area (Å²) in [5.41, 5.74) is 5.12. The monoisotopic (exact) mass is 420 g/mol. The third kappa shape index (κ3) is 10.2. The fourth-order valence-electron chi connectivity index (χ4n) is 2.33.